The third-order valence-electron chi connectivity index (χ3n) is 10.6. The fourth-order valence-electron chi connectivity index (χ4n) is 8.40. The number of fused-ring (bicyclic) bond motifs is 16. The van der Waals surface area contributed by atoms with Crippen LogP contribution in [0.4, 0.5) is 0 Å². The highest BCUT2D eigenvalue weighted by Gasteiger charge is 2.26. The van der Waals surface area contributed by atoms with E-state index in [0.29, 0.717) is 0 Å². The SMILES string of the molecule is c1ccc2c(c1)ccc1nc(-n3c4ccccc4c4c5ccccc5c5c6ccccc6sc5c43)c(-c3cccc4c3sc3ccccc34)nc12. The molecule has 0 N–H and O–H groups in total. The third kappa shape index (κ3) is 3.71. The molecule has 12 rings (SSSR count). The van der Waals surface area contributed by atoms with Gasteiger partial charge in [-0.25, -0.2) is 9.97 Å². The maximum absolute atomic E-state index is 5.68. The van der Waals surface area contributed by atoms with Crippen LogP contribution in [0.3, 0.4) is 0 Å². The van der Waals surface area contributed by atoms with Crippen molar-refractivity contribution >= 4 is 117 Å². The summed E-state index contributed by atoms with van der Waals surface area (Å²) in [5.74, 6) is 0.850. The predicted octanol–water partition coefficient (Wildman–Crippen LogP) is 13.4. The fourth-order valence-corrected chi connectivity index (χ4v) is 10.9. The molecule has 5 heteroatoms. The molecule has 0 fully saturated rings. The van der Waals surface area contributed by atoms with Crippen molar-refractivity contribution < 1.29 is 0 Å². The average molecular weight is 684 g/mol. The van der Waals surface area contributed by atoms with Crippen molar-refractivity contribution in [3.05, 3.63) is 152 Å². The van der Waals surface area contributed by atoms with Crippen LogP contribution in [-0.4, -0.2) is 14.5 Å². The average Bonchev–Trinajstić information content (AvgIpc) is 3.88. The van der Waals surface area contributed by atoms with Crippen LogP contribution in [0.2, 0.25) is 0 Å². The Morgan fingerprint density at radius 3 is 1.90 bits per heavy atom. The van der Waals surface area contributed by atoms with Crippen molar-refractivity contribution in [2.45, 2.75) is 0 Å². The normalized spacial score (nSPS) is 12.3. The second kappa shape index (κ2) is 10.2. The Labute approximate surface area is 299 Å². The predicted molar refractivity (Wildman–Crippen MR) is 220 cm³/mol. The largest absolute Gasteiger partial charge is 0.290 e. The first-order chi connectivity index (χ1) is 25.3. The molecular formula is C46H25N3S2. The highest BCUT2D eigenvalue weighted by molar-refractivity contribution is 7.27. The van der Waals surface area contributed by atoms with E-state index < -0.39 is 0 Å². The van der Waals surface area contributed by atoms with E-state index >= 15 is 0 Å². The van der Waals surface area contributed by atoms with Crippen molar-refractivity contribution in [2.24, 2.45) is 0 Å². The lowest BCUT2D eigenvalue weighted by Crippen LogP contribution is -2.04. The number of para-hydroxylation sites is 1. The highest BCUT2D eigenvalue weighted by atomic mass is 32.1. The van der Waals surface area contributed by atoms with Gasteiger partial charge in [-0.05, 0) is 40.4 Å². The van der Waals surface area contributed by atoms with Gasteiger partial charge in [-0.3, -0.25) is 4.57 Å². The zero-order chi connectivity index (χ0) is 33.2. The Bertz CT molecular complexity index is 3440. The van der Waals surface area contributed by atoms with Crippen LogP contribution in [0.5, 0.6) is 0 Å². The number of hydrogen-bond donors (Lipinski definition) is 0. The first-order valence-electron chi connectivity index (χ1n) is 17.2. The Hall–Kier alpha value is -6.14. The number of rotatable bonds is 2. The molecule has 0 atom stereocenters. The lowest BCUT2D eigenvalue weighted by Gasteiger charge is -2.16. The van der Waals surface area contributed by atoms with Crippen LogP contribution in [0.15, 0.2) is 152 Å². The van der Waals surface area contributed by atoms with Crippen molar-refractivity contribution in [1.82, 2.24) is 14.5 Å². The maximum Gasteiger partial charge on any atom is 0.165 e. The molecule has 3 nitrogen and oxygen atoms in total. The van der Waals surface area contributed by atoms with E-state index in [4.69, 9.17) is 9.97 Å². The number of thiophene rings is 2. The monoisotopic (exact) mass is 683 g/mol. The van der Waals surface area contributed by atoms with Crippen LogP contribution >= 0.6 is 22.7 Å². The zero-order valence-electron chi connectivity index (χ0n) is 27.1. The lowest BCUT2D eigenvalue weighted by molar-refractivity contribution is 1.09. The molecule has 0 aliphatic heterocycles. The van der Waals surface area contributed by atoms with Crippen LogP contribution in [0, 0.1) is 0 Å². The summed E-state index contributed by atoms with van der Waals surface area (Å²) in [6.07, 6.45) is 0. The highest BCUT2D eigenvalue weighted by Crippen LogP contribution is 2.49. The van der Waals surface area contributed by atoms with Gasteiger partial charge in [0, 0.05) is 57.4 Å². The van der Waals surface area contributed by atoms with E-state index in [0.717, 1.165) is 44.4 Å². The summed E-state index contributed by atoms with van der Waals surface area (Å²) < 4.78 is 7.49. The van der Waals surface area contributed by atoms with E-state index in [1.165, 1.54) is 67.4 Å². The van der Waals surface area contributed by atoms with E-state index in [2.05, 4.69) is 156 Å². The van der Waals surface area contributed by atoms with Gasteiger partial charge in [0.25, 0.3) is 0 Å². The Morgan fingerprint density at radius 2 is 1.06 bits per heavy atom. The topological polar surface area (TPSA) is 30.7 Å². The van der Waals surface area contributed by atoms with Crippen molar-refractivity contribution in [3.8, 4) is 17.1 Å². The molecule has 12 aromatic rings. The third-order valence-corrected chi connectivity index (χ3v) is 13.0. The molecule has 0 saturated heterocycles. The van der Waals surface area contributed by atoms with E-state index in [9.17, 15) is 0 Å². The van der Waals surface area contributed by atoms with E-state index in [1.807, 2.05) is 22.7 Å². The molecule has 8 aromatic carbocycles. The molecule has 4 aromatic heterocycles. The van der Waals surface area contributed by atoms with Gasteiger partial charge >= 0.3 is 0 Å². The molecule has 51 heavy (non-hydrogen) atoms. The van der Waals surface area contributed by atoms with E-state index in [1.54, 1.807) is 0 Å². The number of benzene rings is 8. The quantitative estimate of drug-likeness (QED) is 0.170. The van der Waals surface area contributed by atoms with Gasteiger partial charge in [-0.2, -0.15) is 0 Å². The molecule has 0 radical (unpaired) electrons. The molecule has 4 heterocycles. The van der Waals surface area contributed by atoms with Gasteiger partial charge < -0.3 is 0 Å². The number of nitrogens with zero attached hydrogens (tertiary/aromatic N) is 3. The van der Waals surface area contributed by atoms with Crippen LogP contribution in [0.1, 0.15) is 0 Å². The molecule has 0 saturated carbocycles. The number of aromatic nitrogens is 3. The number of hydrogen-bond acceptors (Lipinski definition) is 4. The Kier molecular flexibility index (Phi) is 5.53. The summed E-state index contributed by atoms with van der Waals surface area (Å²) in [4.78, 5) is 11.3. The van der Waals surface area contributed by atoms with Crippen molar-refractivity contribution in [2.75, 3.05) is 0 Å². The van der Waals surface area contributed by atoms with Crippen LogP contribution in [-0.2, 0) is 0 Å². The summed E-state index contributed by atoms with van der Waals surface area (Å²) >= 11 is 3.71. The minimum absolute atomic E-state index is 0.850. The fraction of sp³-hybridized carbons (Fsp3) is 0. The van der Waals surface area contributed by atoms with Crippen molar-refractivity contribution in [3.63, 3.8) is 0 Å². The first-order valence-corrected chi connectivity index (χ1v) is 18.8. The molecule has 0 bridgehead atoms. The molecule has 0 spiro atoms. The second-order valence-electron chi connectivity index (χ2n) is 13.3. The zero-order valence-corrected chi connectivity index (χ0v) is 28.7. The summed E-state index contributed by atoms with van der Waals surface area (Å²) in [5, 5.41) is 12.4. The second-order valence-corrected chi connectivity index (χ2v) is 15.4. The molecule has 0 aliphatic carbocycles. The molecule has 0 aliphatic rings. The summed E-state index contributed by atoms with van der Waals surface area (Å²) in [6.45, 7) is 0. The van der Waals surface area contributed by atoms with Gasteiger partial charge in [0.2, 0.25) is 0 Å². The van der Waals surface area contributed by atoms with Crippen LogP contribution < -0.4 is 0 Å². The maximum atomic E-state index is 5.68. The first kappa shape index (κ1) is 27.7. The van der Waals surface area contributed by atoms with Crippen LogP contribution in [0.25, 0.3) is 112 Å². The smallest absolute Gasteiger partial charge is 0.165 e. The van der Waals surface area contributed by atoms with Gasteiger partial charge in [-0.1, -0.05) is 127 Å². The summed E-state index contributed by atoms with van der Waals surface area (Å²) in [7, 11) is 0. The van der Waals surface area contributed by atoms with Crippen molar-refractivity contribution in [1.29, 1.82) is 0 Å². The van der Waals surface area contributed by atoms with Gasteiger partial charge in [0.1, 0.15) is 5.69 Å². The summed E-state index contributed by atoms with van der Waals surface area (Å²) in [5.41, 5.74) is 6.11. The Morgan fingerprint density at radius 1 is 0.431 bits per heavy atom. The van der Waals surface area contributed by atoms with Gasteiger partial charge in [0.05, 0.1) is 26.8 Å². The standard InChI is InChI=1S/C46H25N3S2/c1-2-13-27-26(12-1)24-25-35-41(27)48-42(34-20-11-19-31-28-14-6-9-22-37(28)50-44(31)34)46(47-35)49-36-21-8-5-17-32(36)39-29-15-3-4-16-30(29)40-33-18-7-10-23-38(33)51-45(40)43(39)49/h1-25H. The summed E-state index contributed by atoms with van der Waals surface area (Å²) in [6, 6.07) is 54.8. The molecule has 0 amide bonds. The van der Waals surface area contributed by atoms with Gasteiger partial charge in [0.15, 0.2) is 5.82 Å². The minimum Gasteiger partial charge on any atom is -0.290 e. The lowest BCUT2D eigenvalue weighted by atomic mass is 9.99. The Balaban J connectivity index is 1.33. The molecule has 0 unspecified atom stereocenters. The van der Waals surface area contributed by atoms with Gasteiger partial charge in [-0.15, -0.1) is 22.7 Å². The molecular weight excluding hydrogens is 659 g/mol. The molecule has 236 valence electrons. The minimum atomic E-state index is 0.850. The van der Waals surface area contributed by atoms with E-state index in [-0.39, 0.29) is 0 Å².